The Kier molecular flexibility index (Phi) is 10.0. The van der Waals surface area contributed by atoms with Gasteiger partial charge in [-0.3, -0.25) is 0 Å². The van der Waals surface area contributed by atoms with Crippen LogP contribution in [0, 0.1) is 0 Å². The quantitative estimate of drug-likeness (QED) is 0.192. The molecule has 2 rings (SSSR count). The first kappa shape index (κ1) is 38.9. The summed E-state index contributed by atoms with van der Waals surface area (Å²) in [4.78, 5) is 33.3. The van der Waals surface area contributed by atoms with Gasteiger partial charge in [-0.15, -0.1) is 0 Å². The van der Waals surface area contributed by atoms with Gasteiger partial charge in [-0.05, 0) is 27.7 Å². The number of aliphatic hydroxyl groups is 1. The summed E-state index contributed by atoms with van der Waals surface area (Å²) >= 11 is 0. The molecule has 0 aromatic carbocycles. The van der Waals surface area contributed by atoms with Gasteiger partial charge < -0.3 is 28.8 Å². The fraction of sp³-hybridized carbons (Fsp3) is 0.682. The minimum Gasteiger partial charge on any atom is -0.447 e. The zero-order valence-electron chi connectivity index (χ0n) is 22.5. The van der Waals surface area contributed by atoms with Crippen molar-refractivity contribution in [2.24, 2.45) is 0 Å². The van der Waals surface area contributed by atoms with E-state index in [1.54, 1.807) is 0 Å². The van der Waals surface area contributed by atoms with E-state index < -0.39 is 89.8 Å². The van der Waals surface area contributed by atoms with Gasteiger partial charge in [0.25, 0.3) is 0 Å². The second-order valence-electron chi connectivity index (χ2n) is 9.67. The summed E-state index contributed by atoms with van der Waals surface area (Å²) in [5, 5.41) is 9.03. The van der Waals surface area contributed by atoms with Crippen LogP contribution >= 0.6 is 0 Å². The largest absolute Gasteiger partial charge is 0.491 e. The molecule has 0 saturated carbocycles. The summed E-state index contributed by atoms with van der Waals surface area (Å²) in [5.41, 5.74) is -7.09. The molecule has 0 spiro atoms. The summed E-state index contributed by atoms with van der Waals surface area (Å²) in [6.07, 6.45) is -18.0. The fourth-order valence-corrected chi connectivity index (χ4v) is 3.18. The van der Waals surface area contributed by atoms with Gasteiger partial charge in [-0.2, -0.15) is 57.1 Å². The molecule has 22 heteroatoms. The van der Waals surface area contributed by atoms with E-state index in [9.17, 15) is 71.5 Å². The molecule has 2 aliphatic rings. The maximum atomic E-state index is 14.4. The van der Waals surface area contributed by atoms with Gasteiger partial charge in [0, 0.05) is 11.1 Å². The number of hydrogen-bond donors (Lipinski definition) is 1. The Balaban J connectivity index is 0.000000457. The minimum atomic E-state index is -6.29. The van der Waals surface area contributed by atoms with E-state index in [4.69, 9.17) is 5.11 Å². The summed E-state index contributed by atoms with van der Waals surface area (Å²) in [6, 6.07) is 0. The third kappa shape index (κ3) is 6.32. The molecule has 2 heterocycles. The van der Waals surface area contributed by atoms with E-state index >= 15 is 0 Å². The number of rotatable bonds is 5. The molecule has 2 fully saturated rings. The summed E-state index contributed by atoms with van der Waals surface area (Å²) in [5.74, 6) is -26.7. The molecule has 0 bridgehead atoms. The van der Waals surface area contributed by atoms with Gasteiger partial charge in [0.2, 0.25) is 11.2 Å². The number of halogens is 13. The molecule has 4 unspecified atom stereocenters. The lowest BCUT2D eigenvalue weighted by molar-refractivity contribution is -0.414. The Bertz CT molecular complexity index is 1190. The lowest BCUT2D eigenvalue weighted by Crippen LogP contribution is -2.66. The number of ether oxygens (including phenoxy) is 5. The van der Waals surface area contributed by atoms with E-state index in [0.29, 0.717) is 6.92 Å². The molecular formula is C22H21F13O9. The molecule has 0 aromatic rings. The molecule has 44 heavy (non-hydrogen) atoms. The maximum Gasteiger partial charge on any atom is 0.491 e. The third-order valence-corrected chi connectivity index (χ3v) is 5.83. The van der Waals surface area contributed by atoms with Crippen LogP contribution in [0.4, 0.5) is 57.1 Å². The van der Waals surface area contributed by atoms with Gasteiger partial charge in [-0.25, -0.2) is 14.4 Å². The highest BCUT2D eigenvalue weighted by atomic mass is 19.4. The van der Waals surface area contributed by atoms with E-state index in [1.165, 1.54) is 0 Å². The minimum absolute atomic E-state index is 0.278. The molecular weight excluding hydrogens is 655 g/mol. The average molecular weight is 676 g/mol. The van der Waals surface area contributed by atoms with Crippen molar-refractivity contribution in [1.82, 2.24) is 0 Å². The average Bonchev–Trinajstić information content (AvgIpc) is 3.13. The summed E-state index contributed by atoms with van der Waals surface area (Å²) in [6.45, 7) is 6.07. The predicted octanol–water partition coefficient (Wildman–Crippen LogP) is 4.67. The number of esters is 3. The highest BCUT2D eigenvalue weighted by Gasteiger charge is 2.86. The standard InChI is InChI=1S/C12H10F8O5.C10H11F5O4/c1-5(2)6(21)24-8(3)4-23-11(10(8,16)17,12(18,19)20)25-7(22)9(13,14)15;1-5(2)6(16)19-7(3)4-18-9(17,8(7,11)12)10(13,14)15/h1,4H2,2-3H3;17H,1,4H2,2-3H3. The molecule has 4 atom stereocenters. The molecule has 0 aliphatic carbocycles. The zero-order valence-corrected chi connectivity index (χ0v) is 22.5. The Morgan fingerprint density at radius 2 is 1.05 bits per heavy atom. The van der Waals surface area contributed by atoms with Crippen molar-refractivity contribution in [1.29, 1.82) is 0 Å². The molecule has 9 nitrogen and oxygen atoms in total. The van der Waals surface area contributed by atoms with Crippen molar-refractivity contribution < 1.29 is 100 Å². The van der Waals surface area contributed by atoms with E-state index in [-0.39, 0.29) is 12.5 Å². The van der Waals surface area contributed by atoms with Crippen LogP contribution < -0.4 is 0 Å². The van der Waals surface area contributed by atoms with Crippen molar-refractivity contribution in [2.75, 3.05) is 13.2 Å². The molecule has 2 saturated heterocycles. The first-order valence-electron chi connectivity index (χ1n) is 11.2. The number of carbonyl (C=O) groups is 3. The molecule has 1 N–H and O–H groups in total. The molecule has 254 valence electrons. The van der Waals surface area contributed by atoms with Gasteiger partial charge in [0.05, 0.1) is 13.2 Å². The van der Waals surface area contributed by atoms with Crippen molar-refractivity contribution in [3.8, 4) is 0 Å². The van der Waals surface area contributed by atoms with Crippen LogP contribution in [0.15, 0.2) is 24.3 Å². The van der Waals surface area contributed by atoms with Crippen molar-refractivity contribution >= 4 is 17.9 Å². The van der Waals surface area contributed by atoms with Gasteiger partial charge in [0.15, 0.2) is 0 Å². The lowest BCUT2D eigenvalue weighted by Gasteiger charge is -2.38. The SMILES string of the molecule is C=C(C)C(=O)OC1(C)COC(O)(C(F)(F)F)C1(F)F.C=C(C)C(=O)OC1(C)COC(OC(=O)C(F)(F)F)(C(F)(F)F)C1(F)F. The first-order valence-corrected chi connectivity index (χ1v) is 11.2. The number of alkyl halides is 13. The van der Waals surface area contributed by atoms with E-state index in [2.05, 4.69) is 36.8 Å². The van der Waals surface area contributed by atoms with Crippen molar-refractivity contribution in [3.05, 3.63) is 24.3 Å². The predicted molar refractivity (Wildman–Crippen MR) is 112 cm³/mol. The molecule has 2 aliphatic heterocycles. The highest BCUT2D eigenvalue weighted by Crippen LogP contribution is 2.57. The lowest BCUT2D eigenvalue weighted by atomic mass is 9.94. The second kappa shape index (κ2) is 11.3. The topological polar surface area (TPSA) is 118 Å². The van der Waals surface area contributed by atoms with Crippen LogP contribution in [0.25, 0.3) is 0 Å². The van der Waals surface area contributed by atoms with Gasteiger partial charge in [0.1, 0.15) is 0 Å². The molecule has 0 radical (unpaired) electrons. The molecule has 0 aromatic heterocycles. The Morgan fingerprint density at radius 1 is 0.682 bits per heavy atom. The highest BCUT2D eigenvalue weighted by molar-refractivity contribution is 5.87. The van der Waals surface area contributed by atoms with Crippen LogP contribution in [0.5, 0.6) is 0 Å². The van der Waals surface area contributed by atoms with E-state index in [0.717, 1.165) is 13.8 Å². The van der Waals surface area contributed by atoms with Crippen molar-refractivity contribution in [2.45, 2.75) is 80.8 Å². The van der Waals surface area contributed by atoms with Gasteiger partial charge in [-0.1, -0.05) is 13.2 Å². The number of hydrogen-bond acceptors (Lipinski definition) is 9. The maximum absolute atomic E-state index is 14.4. The first-order chi connectivity index (χ1) is 19.2. The Labute approximate surface area is 237 Å². The summed E-state index contributed by atoms with van der Waals surface area (Å²) in [7, 11) is 0. The fourth-order valence-electron chi connectivity index (χ4n) is 3.18. The normalized spacial score (nSPS) is 31.3. The monoisotopic (exact) mass is 676 g/mol. The van der Waals surface area contributed by atoms with Gasteiger partial charge >= 0.3 is 59.9 Å². The zero-order chi connectivity index (χ0) is 35.3. The second-order valence-corrected chi connectivity index (χ2v) is 9.67. The smallest absolute Gasteiger partial charge is 0.447 e. The summed E-state index contributed by atoms with van der Waals surface area (Å²) < 4.78 is 189. The number of carbonyl (C=O) groups excluding carboxylic acids is 3. The Hall–Kier alpha value is -3.14. The van der Waals surface area contributed by atoms with Crippen LogP contribution in [0.2, 0.25) is 0 Å². The van der Waals surface area contributed by atoms with Crippen LogP contribution in [-0.2, 0) is 38.1 Å². The third-order valence-electron chi connectivity index (χ3n) is 5.83. The Morgan fingerprint density at radius 3 is 1.34 bits per heavy atom. The van der Waals surface area contributed by atoms with E-state index in [1.807, 2.05) is 0 Å². The van der Waals surface area contributed by atoms with Crippen LogP contribution in [0.1, 0.15) is 27.7 Å². The van der Waals surface area contributed by atoms with Crippen molar-refractivity contribution in [3.63, 3.8) is 0 Å². The van der Waals surface area contributed by atoms with Crippen LogP contribution in [-0.4, -0.2) is 89.4 Å². The molecule has 0 amide bonds. The van der Waals surface area contributed by atoms with Crippen LogP contribution in [0.3, 0.4) is 0 Å².